The number of esters is 1. The molecule has 0 unspecified atom stereocenters. The molecule has 1 aliphatic heterocycles. The van der Waals surface area contributed by atoms with E-state index in [2.05, 4.69) is 28.2 Å². The fraction of sp³-hybridized carbons (Fsp3) is 0.738. The normalized spacial score (nSPS) is 25.8. The van der Waals surface area contributed by atoms with Gasteiger partial charge in [0.2, 0.25) is 53.2 Å². The van der Waals surface area contributed by atoms with Gasteiger partial charge in [-0.3, -0.25) is 47.9 Å². The van der Waals surface area contributed by atoms with Crippen LogP contribution in [0, 0.1) is 0 Å². The number of rotatable bonds is 21. The molecule has 0 aromatic heterocycles. The number of cyclic esters (lactones) is 1. The molecule has 0 bridgehead atoms. The number of aliphatic carboxylic acids is 1. The number of unbranched alkanes of at least 4 members (excludes halogenated alkanes) is 9. The highest BCUT2D eigenvalue weighted by atomic mass is 16.6. The van der Waals surface area contributed by atoms with E-state index in [0.717, 1.165) is 58.8 Å². The molecule has 9 amide bonds. The number of nitrogens with one attached hydrogen (secondary N) is 7. The summed E-state index contributed by atoms with van der Waals surface area (Å²) < 4.78 is 5.58. The first-order valence-electron chi connectivity index (χ1n) is 22.6. The van der Waals surface area contributed by atoms with Crippen LogP contribution in [0.5, 0.6) is 0 Å². The third kappa shape index (κ3) is 22.2. The number of carbonyl (C=O) groups is 11. The molecular weight excluding hydrogens is 903 g/mol. The minimum absolute atomic E-state index is 0.0389. The number of amides is 9. The predicted molar refractivity (Wildman–Crippen MR) is 236 cm³/mol. The molecule has 0 saturated carbocycles. The first-order chi connectivity index (χ1) is 31.9. The molecule has 68 heavy (non-hydrogen) atoms. The van der Waals surface area contributed by atoms with Crippen molar-refractivity contribution >= 4 is 65.1 Å². The monoisotopic (exact) mass is 973 g/mol. The van der Waals surface area contributed by atoms with E-state index < -0.39 is 164 Å². The van der Waals surface area contributed by atoms with Gasteiger partial charge in [-0.05, 0) is 27.2 Å². The van der Waals surface area contributed by atoms with Crippen molar-refractivity contribution in [3.05, 3.63) is 0 Å². The van der Waals surface area contributed by atoms with Crippen molar-refractivity contribution in [2.75, 3.05) is 13.2 Å². The van der Waals surface area contributed by atoms with Gasteiger partial charge in [-0.2, -0.15) is 0 Å². The van der Waals surface area contributed by atoms with Crippen LogP contribution in [-0.2, 0) is 57.5 Å². The fourth-order valence-electron chi connectivity index (χ4n) is 6.87. The third-order valence-electron chi connectivity index (χ3n) is 10.9. The molecule has 1 rings (SSSR count). The van der Waals surface area contributed by atoms with Crippen molar-refractivity contribution in [1.29, 1.82) is 0 Å². The lowest BCUT2D eigenvalue weighted by Crippen LogP contribution is -2.61. The summed E-state index contributed by atoms with van der Waals surface area (Å²) in [6.07, 6.45) is 1.88. The first-order valence-corrected chi connectivity index (χ1v) is 22.6. The van der Waals surface area contributed by atoms with Crippen molar-refractivity contribution in [1.82, 2.24) is 37.2 Å². The van der Waals surface area contributed by atoms with Crippen molar-refractivity contribution in [3.8, 4) is 0 Å². The number of aliphatic hydroxyl groups is 4. The summed E-state index contributed by atoms with van der Waals surface area (Å²) in [6, 6.07) is -13.5. The van der Waals surface area contributed by atoms with E-state index in [1.165, 1.54) is 13.3 Å². The molecule has 0 spiro atoms. The molecule has 0 aromatic rings. The van der Waals surface area contributed by atoms with Gasteiger partial charge in [0.25, 0.3) is 0 Å². The minimum Gasteiger partial charge on any atom is -0.481 e. The van der Waals surface area contributed by atoms with E-state index in [0.29, 0.717) is 12.8 Å². The molecule has 26 heteroatoms. The number of aliphatic hydroxyl groups excluding tert-OH is 3. The average molecular weight is 974 g/mol. The molecule has 1 fully saturated rings. The molecule has 1 heterocycles. The summed E-state index contributed by atoms with van der Waals surface area (Å²) in [5.41, 5.74) is 8.55. The molecule has 10 atom stereocenters. The summed E-state index contributed by atoms with van der Waals surface area (Å²) >= 11 is 0. The highest BCUT2D eigenvalue weighted by Crippen LogP contribution is 2.25. The van der Waals surface area contributed by atoms with E-state index in [-0.39, 0.29) is 6.42 Å². The Morgan fingerprint density at radius 1 is 0.632 bits per heavy atom. The molecule has 1 aliphatic rings. The van der Waals surface area contributed by atoms with E-state index in [4.69, 9.17) is 16.2 Å². The van der Waals surface area contributed by atoms with Gasteiger partial charge < -0.3 is 79.0 Å². The number of nitrogens with two attached hydrogens (primary N) is 2. The Bertz CT molecular complexity index is 1760. The molecule has 0 aromatic carbocycles. The van der Waals surface area contributed by atoms with Gasteiger partial charge >= 0.3 is 11.9 Å². The summed E-state index contributed by atoms with van der Waals surface area (Å²) in [5, 5.41) is 66.7. The largest absolute Gasteiger partial charge is 0.481 e. The maximum absolute atomic E-state index is 13.7. The molecule has 386 valence electrons. The van der Waals surface area contributed by atoms with Crippen molar-refractivity contribution in [3.63, 3.8) is 0 Å². The minimum atomic E-state index is -2.02. The van der Waals surface area contributed by atoms with Crippen LogP contribution in [0.1, 0.15) is 124 Å². The number of primary amides is 2. The number of ether oxygens (including phenoxy) is 1. The molecular formula is C42H71N9O17. The number of carbonyl (C=O) groups excluding carboxylic acids is 10. The summed E-state index contributed by atoms with van der Waals surface area (Å²) in [4.78, 5) is 143. The van der Waals surface area contributed by atoms with E-state index in [1.807, 2.05) is 16.0 Å². The quantitative estimate of drug-likeness (QED) is 0.0380. The van der Waals surface area contributed by atoms with Crippen molar-refractivity contribution in [2.45, 2.75) is 184 Å². The standard InChI is InChI=1S/C42H71N9O17/c1-5-6-7-8-9-10-11-12-13-14-15-42(4,67)29-19-32(57)46-27(20-52)39(64)45-22(2)35(60)47-26(18-33(58)59)38(63)49-24(16-30(43)55)36(61)48-25(17-31(44)56)37(62)50-28(21-53)40(65)51-34(23(3)54)41(66)68-29/h22-29,34,52-54,67H,5-21H2,1-4H3,(H2,43,55)(H2,44,56)(H,45,64)(H,46,57)(H,47,60)(H,48,61)(H,49,63)(H,50,62)(H,51,65)(H,58,59)/t22-,23-,24+,25+,26+,27-,28+,29+,34+,42-/m1/s1. The zero-order chi connectivity index (χ0) is 51.7. The second-order valence-electron chi connectivity index (χ2n) is 17.0. The van der Waals surface area contributed by atoms with Crippen molar-refractivity contribution in [2.24, 2.45) is 11.5 Å². The maximum Gasteiger partial charge on any atom is 0.331 e. The molecule has 26 nitrogen and oxygen atoms in total. The first kappa shape index (κ1) is 60.0. The van der Waals surface area contributed by atoms with E-state index in [9.17, 15) is 78.3 Å². The smallest absolute Gasteiger partial charge is 0.331 e. The second-order valence-corrected chi connectivity index (χ2v) is 17.0. The average Bonchev–Trinajstić information content (AvgIpc) is 3.24. The van der Waals surface area contributed by atoms with Crippen molar-refractivity contribution < 1.29 is 83.0 Å². The van der Waals surface area contributed by atoms with Crippen LogP contribution < -0.4 is 48.7 Å². The number of carboxylic acids is 1. The lowest BCUT2D eigenvalue weighted by molar-refractivity contribution is -0.172. The third-order valence-corrected chi connectivity index (χ3v) is 10.9. The van der Waals surface area contributed by atoms with Crippen LogP contribution in [0.4, 0.5) is 0 Å². The maximum atomic E-state index is 13.7. The highest BCUT2D eigenvalue weighted by molar-refractivity contribution is 6.00. The van der Waals surface area contributed by atoms with Gasteiger partial charge in [0.1, 0.15) is 42.4 Å². The SMILES string of the molecule is CCCCCCCCCCCC[C@@](C)(O)[C@@H]1CC(=O)N[C@H](CO)C(=O)N[C@H](C)C(=O)N[C@@H](CC(=O)O)C(=O)N[C@@H](CC(N)=O)C(=O)N[C@@H](CC(N)=O)C(=O)N[C@@H](CO)C(=O)N[C@@H]([C@@H](C)O)C(=O)O1. The lowest BCUT2D eigenvalue weighted by atomic mass is 9.89. The Morgan fingerprint density at radius 2 is 1.03 bits per heavy atom. The van der Waals surface area contributed by atoms with Crippen LogP contribution in [0.15, 0.2) is 0 Å². The zero-order valence-corrected chi connectivity index (χ0v) is 39.0. The molecule has 1 saturated heterocycles. The van der Waals surface area contributed by atoms with Gasteiger partial charge in [-0.15, -0.1) is 0 Å². The summed E-state index contributed by atoms with van der Waals surface area (Å²) in [6.45, 7) is 3.25. The van der Waals surface area contributed by atoms with Crippen LogP contribution >= 0.6 is 0 Å². The predicted octanol–water partition coefficient (Wildman–Crippen LogP) is -4.63. The van der Waals surface area contributed by atoms with Gasteiger partial charge in [-0.1, -0.05) is 71.1 Å². The summed E-state index contributed by atoms with van der Waals surface area (Å²) in [7, 11) is 0. The Labute approximate surface area is 393 Å². The second kappa shape index (κ2) is 30.4. The number of hydrogen-bond donors (Lipinski definition) is 14. The summed E-state index contributed by atoms with van der Waals surface area (Å²) in [5.74, 6) is -14.5. The lowest BCUT2D eigenvalue weighted by Gasteiger charge is -2.34. The fourth-order valence-corrected chi connectivity index (χ4v) is 6.87. The Balaban J connectivity index is 3.72. The highest BCUT2D eigenvalue weighted by Gasteiger charge is 2.41. The van der Waals surface area contributed by atoms with Gasteiger partial charge in [-0.25, -0.2) is 4.79 Å². The van der Waals surface area contributed by atoms with Crippen LogP contribution in [0.3, 0.4) is 0 Å². The number of hydrogen-bond acceptors (Lipinski definition) is 16. The Morgan fingerprint density at radius 3 is 1.47 bits per heavy atom. The molecule has 16 N–H and O–H groups in total. The van der Waals surface area contributed by atoms with Gasteiger partial charge in [0.05, 0.1) is 50.6 Å². The number of carboxylic acid groups (broad SMARTS) is 1. The molecule has 0 radical (unpaired) electrons. The van der Waals surface area contributed by atoms with E-state index >= 15 is 0 Å². The van der Waals surface area contributed by atoms with Crippen LogP contribution in [0.2, 0.25) is 0 Å². The van der Waals surface area contributed by atoms with Crippen LogP contribution in [-0.4, -0.2) is 164 Å². The Kier molecular flexibility index (Phi) is 26.8. The van der Waals surface area contributed by atoms with E-state index in [1.54, 1.807) is 0 Å². The topological polar surface area (TPSA) is 434 Å². The van der Waals surface area contributed by atoms with Crippen LogP contribution in [0.25, 0.3) is 0 Å². The van der Waals surface area contributed by atoms with Gasteiger partial charge in [0.15, 0.2) is 6.04 Å². The Hall–Kier alpha value is -5.99. The van der Waals surface area contributed by atoms with Gasteiger partial charge in [0, 0.05) is 0 Å². The zero-order valence-electron chi connectivity index (χ0n) is 39.0. The molecule has 0 aliphatic carbocycles.